The molecular weight excluding hydrogens is 567 g/mol. The largest absolute Gasteiger partial charge is 0.444 e. The van der Waals surface area contributed by atoms with Crippen LogP contribution in [0.25, 0.3) is 0 Å². The fourth-order valence-corrected chi connectivity index (χ4v) is 6.61. The number of rotatable bonds is 4. The van der Waals surface area contributed by atoms with Gasteiger partial charge in [-0.15, -0.1) is 0 Å². The average molecular weight is 604 g/mol. The number of alkyl carbamates (subject to hydrolysis) is 1. The van der Waals surface area contributed by atoms with Crippen LogP contribution in [0.15, 0.2) is 42.6 Å². The van der Waals surface area contributed by atoms with Crippen molar-refractivity contribution < 1.29 is 27.5 Å². The van der Waals surface area contributed by atoms with E-state index < -0.39 is 28.8 Å². The number of carbonyl (C=O) groups excluding carboxylic acids is 2. The number of nitrogens with zero attached hydrogens (tertiary/aromatic N) is 3. The first kappa shape index (κ1) is 30.1. The van der Waals surface area contributed by atoms with Crippen LogP contribution >= 0.6 is 12.2 Å². The monoisotopic (exact) mass is 603 g/mol. The quantitative estimate of drug-likeness (QED) is 0.492. The number of hydrogen-bond donors (Lipinski definition) is 2. The summed E-state index contributed by atoms with van der Waals surface area (Å²) in [5.41, 5.74) is -0.277. The van der Waals surface area contributed by atoms with Gasteiger partial charge < -0.3 is 25.2 Å². The van der Waals surface area contributed by atoms with Gasteiger partial charge in [0.1, 0.15) is 5.60 Å². The summed E-state index contributed by atoms with van der Waals surface area (Å²) in [5, 5.41) is 6.78. The van der Waals surface area contributed by atoms with E-state index in [1.165, 1.54) is 0 Å². The highest BCUT2D eigenvalue weighted by Crippen LogP contribution is 2.50. The summed E-state index contributed by atoms with van der Waals surface area (Å²) in [6, 6.07) is 10.7. The van der Waals surface area contributed by atoms with Crippen LogP contribution in [-0.2, 0) is 35.2 Å². The van der Waals surface area contributed by atoms with E-state index in [1.807, 2.05) is 35.2 Å². The second-order valence-corrected chi connectivity index (χ2v) is 12.9. The van der Waals surface area contributed by atoms with Crippen LogP contribution in [0.3, 0.4) is 0 Å². The molecule has 5 rings (SSSR count). The molecular formula is C30H36F3N5O3S. The molecule has 0 unspecified atom stereocenters. The number of aromatic nitrogens is 1. The molecule has 12 heteroatoms. The molecule has 1 saturated carbocycles. The Morgan fingerprint density at radius 2 is 1.90 bits per heavy atom. The lowest BCUT2D eigenvalue weighted by Crippen LogP contribution is -2.50. The maximum absolute atomic E-state index is 14.4. The fourth-order valence-electron chi connectivity index (χ4n) is 6.40. The highest BCUT2D eigenvalue weighted by molar-refractivity contribution is 7.80. The highest BCUT2D eigenvalue weighted by Gasteiger charge is 2.59. The van der Waals surface area contributed by atoms with Gasteiger partial charge in [0, 0.05) is 57.1 Å². The van der Waals surface area contributed by atoms with Gasteiger partial charge in [-0.2, -0.15) is 13.2 Å². The molecule has 1 aromatic carbocycles. The van der Waals surface area contributed by atoms with Gasteiger partial charge in [0.25, 0.3) is 0 Å². The maximum Gasteiger partial charge on any atom is 0.417 e. The summed E-state index contributed by atoms with van der Waals surface area (Å²) >= 11 is 5.73. The smallest absolute Gasteiger partial charge is 0.417 e. The number of amides is 2. The first-order valence-corrected chi connectivity index (χ1v) is 14.5. The van der Waals surface area contributed by atoms with Gasteiger partial charge in [-0.25, -0.2) is 4.79 Å². The Balaban J connectivity index is 1.35. The van der Waals surface area contributed by atoms with E-state index in [1.54, 1.807) is 25.7 Å². The van der Waals surface area contributed by atoms with Crippen LogP contribution < -0.4 is 10.6 Å². The van der Waals surface area contributed by atoms with Crippen molar-refractivity contribution in [1.82, 2.24) is 25.4 Å². The predicted octanol–water partition coefficient (Wildman–Crippen LogP) is 4.67. The minimum atomic E-state index is -4.52. The molecule has 1 saturated heterocycles. The maximum atomic E-state index is 14.4. The van der Waals surface area contributed by atoms with E-state index in [0.717, 1.165) is 17.8 Å². The summed E-state index contributed by atoms with van der Waals surface area (Å²) in [4.78, 5) is 34.6. The van der Waals surface area contributed by atoms with Crippen molar-refractivity contribution in [2.45, 2.75) is 70.9 Å². The molecule has 42 heavy (non-hydrogen) atoms. The number of likely N-dealkylation sites (tertiary alicyclic amines) is 1. The van der Waals surface area contributed by atoms with Gasteiger partial charge in [-0.3, -0.25) is 9.78 Å². The van der Waals surface area contributed by atoms with Gasteiger partial charge in [-0.1, -0.05) is 30.3 Å². The molecule has 3 aliphatic rings. The average Bonchev–Trinajstić information content (AvgIpc) is 3.44. The molecule has 226 valence electrons. The molecule has 3 heterocycles. The molecule has 0 radical (unpaired) electrons. The zero-order valence-electron chi connectivity index (χ0n) is 24.0. The first-order chi connectivity index (χ1) is 19.7. The Morgan fingerprint density at radius 1 is 1.17 bits per heavy atom. The van der Waals surface area contributed by atoms with Gasteiger partial charge in [-0.05, 0) is 68.9 Å². The van der Waals surface area contributed by atoms with Crippen molar-refractivity contribution in [1.29, 1.82) is 0 Å². The highest BCUT2D eigenvalue weighted by atomic mass is 32.1. The van der Waals surface area contributed by atoms with Gasteiger partial charge >= 0.3 is 12.3 Å². The van der Waals surface area contributed by atoms with Gasteiger partial charge in [0.15, 0.2) is 5.11 Å². The number of nitrogens with one attached hydrogen (secondary N) is 2. The van der Waals surface area contributed by atoms with Crippen LogP contribution in [0.4, 0.5) is 18.0 Å². The molecule has 0 bridgehead atoms. The van der Waals surface area contributed by atoms with Crippen LogP contribution in [0.5, 0.6) is 0 Å². The van der Waals surface area contributed by atoms with Crippen molar-refractivity contribution in [2.24, 2.45) is 11.3 Å². The van der Waals surface area contributed by atoms with E-state index in [-0.39, 0.29) is 24.4 Å². The Bertz CT molecular complexity index is 1350. The molecule has 8 nitrogen and oxygen atoms in total. The molecule has 2 N–H and O–H groups in total. The van der Waals surface area contributed by atoms with Crippen LogP contribution in [0, 0.1) is 11.3 Å². The third-order valence-corrected chi connectivity index (χ3v) is 8.65. The number of pyridine rings is 1. The minimum absolute atomic E-state index is 0.0560. The standard InChI is InChI=1S/C30H36F3N5O3S/c1-28(2,3)41-27(40)36-23-12-22-17-38(26(42)35-14-19-7-5-4-6-8-19)18-29(22,13-23)25(39)37-10-9-24-20(16-37)11-21(15-34-24)30(31,32)33/h4-8,11,15,22-23H,9-10,12-14,16-18H2,1-3H3,(H,35,42)(H,36,40)/t22-,23+,29-/m0/s1. The number of alkyl halides is 3. The SMILES string of the molecule is CC(C)(C)OC(=O)N[C@@H]1C[C@H]2CN(C(=S)NCc3ccccc3)C[C@@]2(C(=O)N2CCc3ncc(C(F)(F)F)cc3C2)C1. The topological polar surface area (TPSA) is 86.8 Å². The Labute approximate surface area is 249 Å². The lowest BCUT2D eigenvalue weighted by molar-refractivity contribution is -0.143. The van der Waals surface area contributed by atoms with E-state index in [9.17, 15) is 22.8 Å². The van der Waals surface area contributed by atoms with Crippen molar-refractivity contribution >= 4 is 29.3 Å². The first-order valence-electron chi connectivity index (χ1n) is 14.1. The number of benzene rings is 1. The lowest BCUT2D eigenvalue weighted by Gasteiger charge is -2.37. The van der Waals surface area contributed by atoms with Gasteiger partial charge in [0.05, 0.1) is 11.0 Å². The lowest BCUT2D eigenvalue weighted by atomic mass is 9.78. The number of carbonyl (C=O) groups is 2. The Morgan fingerprint density at radius 3 is 2.60 bits per heavy atom. The molecule has 3 atom stereocenters. The summed E-state index contributed by atoms with van der Waals surface area (Å²) in [5.74, 6) is -0.236. The van der Waals surface area contributed by atoms with Gasteiger partial charge in [0.2, 0.25) is 5.91 Å². The molecule has 1 aromatic heterocycles. The number of fused-ring (bicyclic) bond motifs is 2. The van der Waals surface area contributed by atoms with Crippen molar-refractivity contribution in [3.05, 3.63) is 65.0 Å². The second kappa shape index (κ2) is 11.3. The van der Waals surface area contributed by atoms with E-state index in [4.69, 9.17) is 17.0 Å². The second-order valence-electron chi connectivity index (χ2n) is 12.5. The number of halogens is 3. The van der Waals surface area contributed by atoms with E-state index in [0.29, 0.717) is 61.8 Å². The van der Waals surface area contributed by atoms with Crippen molar-refractivity contribution in [3.8, 4) is 0 Å². The number of ether oxygens (including phenoxy) is 1. The van der Waals surface area contributed by atoms with Crippen LogP contribution in [0.1, 0.15) is 56.0 Å². The Hall–Kier alpha value is -3.41. The normalized spacial score (nSPS) is 23.7. The summed E-state index contributed by atoms with van der Waals surface area (Å²) < 4.78 is 45.6. The van der Waals surface area contributed by atoms with Crippen molar-refractivity contribution in [3.63, 3.8) is 0 Å². The minimum Gasteiger partial charge on any atom is -0.444 e. The van der Waals surface area contributed by atoms with Crippen molar-refractivity contribution in [2.75, 3.05) is 19.6 Å². The summed E-state index contributed by atoms with van der Waals surface area (Å²) in [6.07, 6.45) is -2.87. The number of hydrogen-bond acceptors (Lipinski definition) is 5. The molecule has 2 aliphatic heterocycles. The summed E-state index contributed by atoms with van der Waals surface area (Å²) in [7, 11) is 0. The predicted molar refractivity (Wildman–Crippen MR) is 154 cm³/mol. The Kier molecular flexibility index (Phi) is 8.12. The summed E-state index contributed by atoms with van der Waals surface area (Å²) in [6.45, 7) is 7.21. The zero-order chi connectivity index (χ0) is 30.3. The van der Waals surface area contributed by atoms with Crippen LogP contribution in [-0.4, -0.2) is 63.2 Å². The molecule has 0 spiro atoms. The molecule has 2 amide bonds. The van der Waals surface area contributed by atoms with E-state index >= 15 is 0 Å². The van der Waals surface area contributed by atoms with E-state index in [2.05, 4.69) is 15.6 Å². The third kappa shape index (κ3) is 6.48. The molecule has 1 aliphatic carbocycles. The molecule has 2 aromatic rings. The third-order valence-electron chi connectivity index (χ3n) is 8.25. The van der Waals surface area contributed by atoms with Crippen LogP contribution in [0.2, 0.25) is 0 Å². The number of thiocarbonyl (C=S) groups is 1. The zero-order valence-corrected chi connectivity index (χ0v) is 24.8. The molecule has 2 fully saturated rings. The fraction of sp³-hybridized carbons (Fsp3) is 0.533.